The molecule has 0 fully saturated rings. The van der Waals surface area contributed by atoms with Crippen LogP contribution in [0.25, 0.3) is 5.65 Å². The molecule has 5 heteroatoms. The normalized spacial score (nSPS) is 13.1. The molecule has 0 amide bonds. The van der Waals surface area contributed by atoms with Gasteiger partial charge in [-0.25, -0.2) is 4.98 Å². The number of pyridine rings is 1. The molecule has 0 radical (unpaired) electrons. The first-order chi connectivity index (χ1) is 8.69. The summed E-state index contributed by atoms with van der Waals surface area (Å²) in [4.78, 5) is 4.54. The zero-order valence-corrected chi connectivity index (χ0v) is 12.3. The van der Waals surface area contributed by atoms with Crippen molar-refractivity contribution in [2.45, 2.75) is 26.4 Å². The Balaban J connectivity index is 1.95. The van der Waals surface area contributed by atoms with E-state index in [0.29, 0.717) is 6.04 Å². The van der Waals surface area contributed by atoms with Gasteiger partial charge in [0.05, 0.1) is 10.7 Å². The quantitative estimate of drug-likeness (QED) is 0.883. The van der Waals surface area contributed by atoms with E-state index in [1.807, 2.05) is 40.7 Å². The molecular weight excluding hydrogens is 266 g/mol. The second-order valence-electron chi connectivity index (χ2n) is 4.29. The molecule has 0 aliphatic heterocycles. The highest BCUT2D eigenvalue weighted by Crippen LogP contribution is 2.12. The van der Waals surface area contributed by atoms with Crippen molar-refractivity contribution in [3.63, 3.8) is 0 Å². The SMILES string of the molecule is CCSCC(C)NCc1cn2cc(Cl)ccc2n1. The summed E-state index contributed by atoms with van der Waals surface area (Å²) in [5.41, 5.74) is 1.98. The average Bonchev–Trinajstić information content (AvgIpc) is 2.75. The summed E-state index contributed by atoms with van der Waals surface area (Å²) in [5, 5.41) is 4.21. The van der Waals surface area contributed by atoms with Crippen LogP contribution in [0.3, 0.4) is 0 Å². The highest BCUT2D eigenvalue weighted by molar-refractivity contribution is 7.99. The predicted octanol–water partition coefficient (Wildman–Crippen LogP) is 3.22. The number of aromatic nitrogens is 2. The minimum Gasteiger partial charge on any atom is -0.308 e. The summed E-state index contributed by atoms with van der Waals surface area (Å²) >= 11 is 7.90. The molecule has 0 saturated heterocycles. The molecule has 2 aromatic heterocycles. The van der Waals surface area contributed by atoms with Gasteiger partial charge in [0.1, 0.15) is 5.65 Å². The van der Waals surface area contributed by atoms with E-state index in [-0.39, 0.29) is 0 Å². The Morgan fingerprint density at radius 2 is 2.28 bits per heavy atom. The van der Waals surface area contributed by atoms with E-state index >= 15 is 0 Å². The Hall–Kier alpha value is -0.710. The number of fused-ring (bicyclic) bond motifs is 1. The lowest BCUT2D eigenvalue weighted by Gasteiger charge is -2.11. The molecule has 3 nitrogen and oxygen atoms in total. The third-order valence-corrected chi connectivity index (χ3v) is 4.04. The zero-order valence-electron chi connectivity index (χ0n) is 10.7. The number of nitrogens with one attached hydrogen (secondary N) is 1. The van der Waals surface area contributed by atoms with Crippen LogP contribution in [0.2, 0.25) is 5.02 Å². The van der Waals surface area contributed by atoms with E-state index in [1.54, 1.807) is 0 Å². The lowest BCUT2D eigenvalue weighted by Crippen LogP contribution is -2.27. The van der Waals surface area contributed by atoms with E-state index in [0.717, 1.165) is 28.7 Å². The van der Waals surface area contributed by atoms with Gasteiger partial charge >= 0.3 is 0 Å². The van der Waals surface area contributed by atoms with E-state index in [1.165, 1.54) is 5.75 Å². The van der Waals surface area contributed by atoms with Crippen molar-refractivity contribution in [3.05, 3.63) is 35.2 Å². The second-order valence-corrected chi connectivity index (χ2v) is 6.04. The van der Waals surface area contributed by atoms with Gasteiger partial charge in [-0.2, -0.15) is 11.8 Å². The first-order valence-corrected chi connectivity index (χ1v) is 7.66. The van der Waals surface area contributed by atoms with Crippen LogP contribution in [0, 0.1) is 0 Å². The first kappa shape index (κ1) is 13.7. The maximum atomic E-state index is 5.95. The van der Waals surface area contributed by atoms with E-state index in [2.05, 4.69) is 24.1 Å². The van der Waals surface area contributed by atoms with Crippen LogP contribution >= 0.6 is 23.4 Å². The molecule has 1 atom stereocenters. The van der Waals surface area contributed by atoms with Crippen molar-refractivity contribution in [2.75, 3.05) is 11.5 Å². The number of rotatable bonds is 6. The minimum absolute atomic E-state index is 0.503. The van der Waals surface area contributed by atoms with Crippen LogP contribution in [-0.2, 0) is 6.54 Å². The molecule has 0 aliphatic carbocycles. The fourth-order valence-corrected chi connectivity index (χ4v) is 2.61. The van der Waals surface area contributed by atoms with Crippen molar-refractivity contribution in [1.29, 1.82) is 0 Å². The van der Waals surface area contributed by atoms with Gasteiger partial charge in [0.2, 0.25) is 0 Å². The maximum absolute atomic E-state index is 5.95. The van der Waals surface area contributed by atoms with E-state index in [4.69, 9.17) is 11.6 Å². The highest BCUT2D eigenvalue weighted by atomic mass is 35.5. The molecule has 2 aromatic rings. The molecule has 1 N–H and O–H groups in total. The third kappa shape index (κ3) is 3.64. The third-order valence-electron chi connectivity index (χ3n) is 2.67. The van der Waals surface area contributed by atoms with Gasteiger partial charge in [0.15, 0.2) is 0 Å². The summed E-state index contributed by atoms with van der Waals surface area (Å²) in [6.45, 7) is 5.18. The number of hydrogen-bond acceptors (Lipinski definition) is 3. The molecule has 0 spiro atoms. The first-order valence-electron chi connectivity index (χ1n) is 6.13. The van der Waals surface area contributed by atoms with Gasteiger partial charge < -0.3 is 9.72 Å². The van der Waals surface area contributed by atoms with Crippen LogP contribution in [-0.4, -0.2) is 26.9 Å². The second kappa shape index (κ2) is 6.45. The number of nitrogens with zero attached hydrogens (tertiary/aromatic N) is 2. The van der Waals surface area contributed by atoms with Gasteiger partial charge in [-0.05, 0) is 24.8 Å². The standard InChI is InChI=1S/C13H18ClN3S/c1-3-18-9-10(2)15-6-12-8-17-7-11(14)4-5-13(17)16-12/h4-5,7-8,10,15H,3,6,9H2,1-2H3. The van der Waals surface area contributed by atoms with Crippen molar-refractivity contribution in [2.24, 2.45) is 0 Å². The van der Waals surface area contributed by atoms with Crippen LogP contribution in [0.1, 0.15) is 19.5 Å². The van der Waals surface area contributed by atoms with Crippen molar-refractivity contribution >= 4 is 29.0 Å². The van der Waals surface area contributed by atoms with Crippen molar-refractivity contribution in [3.8, 4) is 0 Å². The monoisotopic (exact) mass is 283 g/mol. The average molecular weight is 284 g/mol. The summed E-state index contributed by atoms with van der Waals surface area (Å²) < 4.78 is 1.96. The Morgan fingerprint density at radius 3 is 3.06 bits per heavy atom. The smallest absolute Gasteiger partial charge is 0.137 e. The summed E-state index contributed by atoms with van der Waals surface area (Å²) in [6.07, 6.45) is 3.90. The van der Waals surface area contributed by atoms with Gasteiger partial charge in [0, 0.05) is 30.7 Å². The van der Waals surface area contributed by atoms with Crippen LogP contribution in [0.4, 0.5) is 0 Å². The summed E-state index contributed by atoms with van der Waals surface area (Å²) in [6, 6.07) is 4.30. The Bertz CT molecular complexity index is 512. The number of halogens is 1. The lowest BCUT2D eigenvalue weighted by atomic mass is 10.3. The Labute approximate surface area is 117 Å². The highest BCUT2D eigenvalue weighted by Gasteiger charge is 2.04. The topological polar surface area (TPSA) is 29.3 Å². The largest absolute Gasteiger partial charge is 0.308 e. The molecule has 2 rings (SSSR count). The molecule has 98 valence electrons. The fraction of sp³-hybridized carbons (Fsp3) is 0.462. The van der Waals surface area contributed by atoms with Crippen molar-refractivity contribution in [1.82, 2.24) is 14.7 Å². The fourth-order valence-electron chi connectivity index (χ4n) is 1.73. The minimum atomic E-state index is 0.503. The molecule has 2 heterocycles. The van der Waals surface area contributed by atoms with Gasteiger partial charge in [0.25, 0.3) is 0 Å². The summed E-state index contributed by atoms with van der Waals surface area (Å²) in [7, 11) is 0. The van der Waals surface area contributed by atoms with Gasteiger partial charge in [-0.15, -0.1) is 0 Å². The van der Waals surface area contributed by atoms with Crippen LogP contribution < -0.4 is 5.32 Å². The van der Waals surface area contributed by atoms with E-state index < -0.39 is 0 Å². The number of thioether (sulfide) groups is 1. The Morgan fingerprint density at radius 1 is 1.44 bits per heavy atom. The Kier molecular flexibility index (Phi) is 4.92. The molecule has 0 aromatic carbocycles. The molecular formula is C13H18ClN3S. The van der Waals surface area contributed by atoms with E-state index in [9.17, 15) is 0 Å². The molecule has 0 aliphatic rings. The van der Waals surface area contributed by atoms with Crippen LogP contribution in [0.15, 0.2) is 24.5 Å². The predicted molar refractivity (Wildman–Crippen MR) is 79.5 cm³/mol. The number of imidazole rings is 1. The molecule has 0 bridgehead atoms. The van der Waals surface area contributed by atoms with Gasteiger partial charge in [-0.1, -0.05) is 18.5 Å². The lowest BCUT2D eigenvalue weighted by molar-refractivity contribution is 0.590. The summed E-state index contributed by atoms with van der Waals surface area (Å²) in [5.74, 6) is 2.30. The van der Waals surface area contributed by atoms with Crippen molar-refractivity contribution < 1.29 is 0 Å². The van der Waals surface area contributed by atoms with Gasteiger partial charge in [-0.3, -0.25) is 0 Å². The number of hydrogen-bond donors (Lipinski definition) is 1. The zero-order chi connectivity index (χ0) is 13.0. The molecule has 0 saturated carbocycles. The van der Waals surface area contributed by atoms with Crippen LogP contribution in [0.5, 0.6) is 0 Å². The molecule has 18 heavy (non-hydrogen) atoms. The molecule has 1 unspecified atom stereocenters. The maximum Gasteiger partial charge on any atom is 0.137 e.